The predicted molar refractivity (Wildman–Crippen MR) is 128 cm³/mol. The number of benzene rings is 2. The van der Waals surface area contributed by atoms with Crippen molar-refractivity contribution in [3.8, 4) is 11.1 Å². The first-order valence-electron chi connectivity index (χ1n) is 11.5. The van der Waals surface area contributed by atoms with Crippen LogP contribution >= 0.6 is 0 Å². The van der Waals surface area contributed by atoms with Crippen molar-refractivity contribution in [3.63, 3.8) is 0 Å². The van der Waals surface area contributed by atoms with Gasteiger partial charge >= 0.3 is 12.1 Å². The van der Waals surface area contributed by atoms with E-state index in [-0.39, 0.29) is 19.1 Å². The van der Waals surface area contributed by atoms with Crippen LogP contribution in [0.3, 0.4) is 0 Å². The number of carboxylic acids is 1. The van der Waals surface area contributed by atoms with Gasteiger partial charge in [-0.3, -0.25) is 4.79 Å². The monoisotopic (exact) mass is 468 g/mol. The molecule has 0 aromatic heterocycles. The van der Waals surface area contributed by atoms with Crippen molar-refractivity contribution < 1.29 is 29.0 Å². The lowest BCUT2D eigenvalue weighted by atomic mass is 9.98. The maximum atomic E-state index is 12.9. The van der Waals surface area contributed by atoms with Crippen LogP contribution < -0.4 is 10.6 Å². The number of ether oxygens (including phenoxy) is 2. The van der Waals surface area contributed by atoms with Crippen molar-refractivity contribution >= 4 is 18.0 Å². The van der Waals surface area contributed by atoms with Gasteiger partial charge in [0.2, 0.25) is 5.91 Å². The van der Waals surface area contributed by atoms with Crippen LogP contribution in [0.5, 0.6) is 0 Å². The van der Waals surface area contributed by atoms with Crippen LogP contribution in [0, 0.1) is 0 Å². The van der Waals surface area contributed by atoms with E-state index in [9.17, 15) is 19.5 Å². The fraction of sp³-hybridized carbons (Fsp3) is 0.423. The van der Waals surface area contributed by atoms with E-state index in [1.165, 1.54) is 14.0 Å². The number of hydrogen-bond donors (Lipinski definition) is 3. The summed E-state index contributed by atoms with van der Waals surface area (Å²) in [6.45, 7) is 3.36. The molecule has 182 valence electrons. The molecule has 3 N–H and O–H groups in total. The van der Waals surface area contributed by atoms with Crippen molar-refractivity contribution in [2.45, 2.75) is 50.6 Å². The molecule has 2 atom stereocenters. The molecule has 0 spiro atoms. The fourth-order valence-corrected chi connectivity index (χ4v) is 4.29. The topological polar surface area (TPSA) is 114 Å². The van der Waals surface area contributed by atoms with Gasteiger partial charge in [-0.25, -0.2) is 9.59 Å². The highest BCUT2D eigenvalue weighted by Gasteiger charge is 2.38. The van der Waals surface area contributed by atoms with Gasteiger partial charge in [0.15, 0.2) is 0 Å². The number of aliphatic carboxylic acids is 1. The number of carbonyl (C=O) groups is 3. The van der Waals surface area contributed by atoms with Crippen LogP contribution in [0.2, 0.25) is 0 Å². The van der Waals surface area contributed by atoms with E-state index in [1.54, 1.807) is 0 Å². The summed E-state index contributed by atoms with van der Waals surface area (Å²) >= 11 is 0. The van der Waals surface area contributed by atoms with E-state index < -0.39 is 29.6 Å². The van der Waals surface area contributed by atoms with Gasteiger partial charge in [0.05, 0.1) is 6.61 Å². The van der Waals surface area contributed by atoms with Crippen molar-refractivity contribution in [1.82, 2.24) is 10.6 Å². The van der Waals surface area contributed by atoms with E-state index in [0.717, 1.165) is 28.7 Å². The molecule has 0 aliphatic heterocycles. The van der Waals surface area contributed by atoms with E-state index in [1.807, 2.05) is 55.5 Å². The highest BCUT2D eigenvalue weighted by atomic mass is 16.5. The molecule has 0 bridgehead atoms. The van der Waals surface area contributed by atoms with E-state index >= 15 is 0 Å². The van der Waals surface area contributed by atoms with Gasteiger partial charge < -0.3 is 25.2 Å². The molecule has 1 unspecified atom stereocenters. The molecule has 1 aliphatic carbocycles. The smallest absolute Gasteiger partial charge is 0.408 e. The van der Waals surface area contributed by atoms with Crippen LogP contribution in [0.25, 0.3) is 11.1 Å². The maximum Gasteiger partial charge on any atom is 0.408 e. The first-order chi connectivity index (χ1) is 16.3. The molecule has 0 saturated carbocycles. The summed E-state index contributed by atoms with van der Waals surface area (Å²) in [4.78, 5) is 37.2. The minimum Gasteiger partial charge on any atom is -0.480 e. The zero-order valence-electron chi connectivity index (χ0n) is 19.8. The third-order valence-corrected chi connectivity index (χ3v) is 6.11. The van der Waals surface area contributed by atoms with Crippen molar-refractivity contribution in [1.29, 1.82) is 0 Å². The number of carboxylic acid groups (broad SMARTS) is 1. The summed E-state index contributed by atoms with van der Waals surface area (Å²) in [5, 5.41) is 14.5. The zero-order valence-corrected chi connectivity index (χ0v) is 19.8. The summed E-state index contributed by atoms with van der Waals surface area (Å²) in [5.41, 5.74) is 2.88. The largest absolute Gasteiger partial charge is 0.480 e. The highest BCUT2D eigenvalue weighted by Crippen LogP contribution is 2.44. The van der Waals surface area contributed by atoms with Crippen molar-refractivity contribution in [2.75, 3.05) is 20.3 Å². The second-order valence-corrected chi connectivity index (χ2v) is 8.72. The molecular weight excluding hydrogens is 436 g/mol. The Labute approximate surface area is 199 Å². The van der Waals surface area contributed by atoms with Crippen LogP contribution in [0.1, 0.15) is 50.2 Å². The molecule has 8 nitrogen and oxygen atoms in total. The maximum absolute atomic E-state index is 12.9. The summed E-state index contributed by atoms with van der Waals surface area (Å²) in [6.07, 6.45) is 0.966. The Morgan fingerprint density at radius 1 is 1.06 bits per heavy atom. The number of methoxy groups -OCH3 is 1. The Hall–Kier alpha value is -3.39. The minimum absolute atomic E-state index is 0.0960. The van der Waals surface area contributed by atoms with Crippen LogP contribution in [0.15, 0.2) is 48.5 Å². The molecule has 3 rings (SSSR count). The standard InChI is InChI=1S/C26H32N2O6/c1-4-5-14-22(23(29)30)27-24(31)26(2,16-33-3)28-25(32)34-15-21-19-12-8-6-10-17(19)18-11-7-9-13-20(18)21/h6-13,21-22H,4-5,14-16H2,1-3H3,(H,27,31)(H,28,32)(H,29,30)/t22-,26?/m0/s1. The second-order valence-electron chi connectivity index (χ2n) is 8.72. The van der Waals surface area contributed by atoms with E-state index in [4.69, 9.17) is 9.47 Å². The number of amides is 2. The molecule has 0 fully saturated rings. The third-order valence-electron chi connectivity index (χ3n) is 6.11. The normalized spacial score (nSPS) is 14.9. The molecule has 1 aliphatic rings. The number of fused-ring (bicyclic) bond motifs is 3. The molecule has 0 radical (unpaired) electrons. The first-order valence-corrected chi connectivity index (χ1v) is 11.5. The summed E-state index contributed by atoms with van der Waals surface area (Å²) in [5.74, 6) is -1.89. The van der Waals surface area contributed by atoms with Crippen molar-refractivity contribution in [3.05, 3.63) is 59.7 Å². The fourth-order valence-electron chi connectivity index (χ4n) is 4.29. The van der Waals surface area contributed by atoms with Crippen LogP contribution in [-0.4, -0.2) is 55.0 Å². The molecule has 8 heteroatoms. The molecule has 34 heavy (non-hydrogen) atoms. The summed E-state index contributed by atoms with van der Waals surface area (Å²) in [6, 6.07) is 14.9. The van der Waals surface area contributed by atoms with E-state index in [0.29, 0.717) is 12.8 Å². The van der Waals surface area contributed by atoms with Crippen molar-refractivity contribution in [2.24, 2.45) is 0 Å². The third kappa shape index (κ3) is 5.56. The molecular formula is C26H32N2O6. The molecule has 2 amide bonds. The lowest BCUT2D eigenvalue weighted by Crippen LogP contribution is -2.61. The number of nitrogens with one attached hydrogen (secondary N) is 2. The minimum atomic E-state index is -1.50. The van der Waals surface area contributed by atoms with Gasteiger partial charge in [-0.1, -0.05) is 68.3 Å². The number of hydrogen-bond acceptors (Lipinski definition) is 5. The quantitative estimate of drug-likeness (QED) is 0.464. The number of carbonyl (C=O) groups excluding carboxylic acids is 2. The highest BCUT2D eigenvalue weighted by molar-refractivity contribution is 5.92. The Balaban J connectivity index is 1.68. The van der Waals surface area contributed by atoms with Gasteiger partial charge in [0, 0.05) is 13.0 Å². The Morgan fingerprint density at radius 2 is 1.65 bits per heavy atom. The summed E-state index contributed by atoms with van der Waals surface area (Å²) in [7, 11) is 1.40. The first kappa shape index (κ1) is 25.2. The van der Waals surface area contributed by atoms with Gasteiger partial charge in [-0.05, 0) is 35.6 Å². The van der Waals surface area contributed by atoms with Gasteiger partial charge in [0.25, 0.3) is 0 Å². The number of rotatable bonds is 11. The zero-order chi connectivity index (χ0) is 24.7. The number of unbranched alkanes of at least 4 members (excludes halogenated alkanes) is 1. The SMILES string of the molecule is CCCC[C@H](NC(=O)C(C)(COC)NC(=O)OCC1c2ccccc2-c2ccccc21)C(=O)O. The second kappa shape index (κ2) is 11.2. The van der Waals surface area contributed by atoms with Gasteiger partial charge in [-0.15, -0.1) is 0 Å². The predicted octanol–water partition coefficient (Wildman–Crippen LogP) is 3.69. The Bertz CT molecular complexity index is 994. The Morgan fingerprint density at radius 3 is 2.18 bits per heavy atom. The Kier molecular flexibility index (Phi) is 8.28. The lowest BCUT2D eigenvalue weighted by molar-refractivity contribution is -0.143. The molecule has 2 aromatic rings. The average Bonchev–Trinajstić information content (AvgIpc) is 3.14. The summed E-state index contributed by atoms with van der Waals surface area (Å²) < 4.78 is 10.7. The van der Waals surface area contributed by atoms with Crippen LogP contribution in [0.4, 0.5) is 4.79 Å². The molecule has 0 saturated heterocycles. The lowest BCUT2D eigenvalue weighted by Gasteiger charge is -2.30. The molecule has 2 aromatic carbocycles. The number of alkyl carbamates (subject to hydrolysis) is 1. The van der Waals surface area contributed by atoms with Gasteiger partial charge in [-0.2, -0.15) is 0 Å². The van der Waals surface area contributed by atoms with Crippen LogP contribution in [-0.2, 0) is 19.1 Å². The van der Waals surface area contributed by atoms with E-state index in [2.05, 4.69) is 10.6 Å². The average molecular weight is 469 g/mol. The van der Waals surface area contributed by atoms with Gasteiger partial charge in [0.1, 0.15) is 18.2 Å². The molecule has 0 heterocycles.